The Labute approximate surface area is 132 Å². The largest absolute Gasteiger partial charge is 0.507 e. The van der Waals surface area contributed by atoms with Crippen molar-refractivity contribution in [3.8, 4) is 5.75 Å². The minimum absolute atomic E-state index is 0.339. The molecule has 0 spiro atoms. The van der Waals surface area contributed by atoms with E-state index in [9.17, 15) is 23.8 Å². The molecule has 1 amide bonds. The molecule has 0 aliphatic rings. The summed E-state index contributed by atoms with van der Waals surface area (Å²) in [6.07, 6.45) is 0.339. The van der Waals surface area contributed by atoms with Crippen LogP contribution >= 0.6 is 0 Å². The molecule has 2 aromatic carbocycles. The van der Waals surface area contributed by atoms with Gasteiger partial charge in [-0.25, -0.2) is 8.78 Å². The fourth-order valence-corrected chi connectivity index (χ4v) is 2.21. The number of aromatic hydroxyl groups is 1. The Morgan fingerprint density at radius 2 is 1.87 bits per heavy atom. The molecule has 2 aromatic rings. The Kier molecular flexibility index (Phi) is 5.28. The lowest BCUT2D eigenvalue weighted by molar-refractivity contribution is 0.0909. The van der Waals surface area contributed by atoms with E-state index >= 15 is 0 Å². The van der Waals surface area contributed by atoms with Gasteiger partial charge in [0.15, 0.2) is 0 Å². The molecule has 0 unspecified atom stereocenters. The zero-order valence-electron chi connectivity index (χ0n) is 12.5. The number of aliphatic hydroxyl groups excluding tert-OH is 1. The number of phenols is 1. The Morgan fingerprint density at radius 1 is 1.22 bits per heavy atom. The molecule has 2 rings (SSSR count). The molecule has 0 saturated heterocycles. The van der Waals surface area contributed by atoms with Crippen molar-refractivity contribution in [1.82, 2.24) is 5.32 Å². The van der Waals surface area contributed by atoms with Crippen LogP contribution in [0.5, 0.6) is 5.75 Å². The molecular formula is C17H17F2NO3. The molecule has 0 heterocycles. The van der Waals surface area contributed by atoms with E-state index in [2.05, 4.69) is 5.32 Å². The summed E-state index contributed by atoms with van der Waals surface area (Å²) in [7, 11) is 0. The summed E-state index contributed by atoms with van der Waals surface area (Å²) in [4.78, 5) is 12.1. The second-order valence-corrected chi connectivity index (χ2v) is 5.32. The van der Waals surface area contributed by atoms with Gasteiger partial charge in [0.1, 0.15) is 22.9 Å². The van der Waals surface area contributed by atoms with Gasteiger partial charge in [0.05, 0.1) is 12.6 Å². The molecule has 0 saturated carbocycles. The van der Waals surface area contributed by atoms with E-state index in [0.717, 1.165) is 11.1 Å². The maximum absolute atomic E-state index is 13.7. The Hall–Kier alpha value is -2.47. The highest BCUT2D eigenvalue weighted by Crippen LogP contribution is 2.22. The summed E-state index contributed by atoms with van der Waals surface area (Å²) in [6, 6.07) is 8.04. The summed E-state index contributed by atoms with van der Waals surface area (Å²) in [5.74, 6) is -3.83. The Bertz CT molecular complexity index is 678. The summed E-state index contributed by atoms with van der Waals surface area (Å²) < 4.78 is 26.6. The standard InChI is InChI=1S/C17H17F2NO3/c1-10-2-4-11(5-3-10)6-13(9-21)20-17(23)16-14(19)7-12(18)8-15(16)22/h2-5,7-8,13,21-22H,6,9H2,1H3,(H,20,23)/t13-/m0/s1. The monoisotopic (exact) mass is 321 g/mol. The summed E-state index contributed by atoms with van der Waals surface area (Å²) in [5.41, 5.74) is 1.32. The average molecular weight is 321 g/mol. The Morgan fingerprint density at radius 3 is 2.43 bits per heavy atom. The second-order valence-electron chi connectivity index (χ2n) is 5.32. The van der Waals surface area contributed by atoms with E-state index in [1.165, 1.54) is 0 Å². The van der Waals surface area contributed by atoms with Crippen LogP contribution in [0.25, 0.3) is 0 Å². The SMILES string of the molecule is Cc1ccc(C[C@@H](CO)NC(=O)c2c(O)cc(F)cc2F)cc1. The molecular weight excluding hydrogens is 304 g/mol. The highest BCUT2D eigenvalue weighted by atomic mass is 19.1. The van der Waals surface area contributed by atoms with Crippen LogP contribution in [0.2, 0.25) is 0 Å². The number of aryl methyl sites for hydroxylation is 1. The molecule has 0 aliphatic heterocycles. The number of hydrogen-bond acceptors (Lipinski definition) is 3. The van der Waals surface area contributed by atoms with Crippen molar-refractivity contribution in [3.05, 3.63) is 64.7 Å². The molecule has 0 fully saturated rings. The van der Waals surface area contributed by atoms with Crippen LogP contribution in [0.4, 0.5) is 8.78 Å². The van der Waals surface area contributed by atoms with Gasteiger partial charge in [-0.15, -0.1) is 0 Å². The normalized spacial score (nSPS) is 12.0. The van der Waals surface area contributed by atoms with Crippen LogP contribution in [0, 0.1) is 18.6 Å². The van der Waals surface area contributed by atoms with E-state index in [1.54, 1.807) is 0 Å². The summed E-state index contributed by atoms with van der Waals surface area (Å²) in [5, 5.41) is 21.4. The van der Waals surface area contributed by atoms with Crippen LogP contribution < -0.4 is 5.32 Å². The highest BCUT2D eigenvalue weighted by molar-refractivity contribution is 5.97. The predicted octanol–water partition coefficient (Wildman–Crippen LogP) is 2.31. The van der Waals surface area contributed by atoms with Gasteiger partial charge in [-0.1, -0.05) is 29.8 Å². The van der Waals surface area contributed by atoms with Crippen LogP contribution in [0.3, 0.4) is 0 Å². The molecule has 4 nitrogen and oxygen atoms in total. The third kappa shape index (κ3) is 4.26. The fourth-order valence-electron chi connectivity index (χ4n) is 2.21. The second kappa shape index (κ2) is 7.19. The van der Waals surface area contributed by atoms with Crippen molar-refractivity contribution in [1.29, 1.82) is 0 Å². The van der Waals surface area contributed by atoms with E-state index in [-0.39, 0.29) is 6.61 Å². The zero-order chi connectivity index (χ0) is 17.0. The lowest BCUT2D eigenvalue weighted by atomic mass is 10.0. The number of nitrogens with one attached hydrogen (secondary N) is 1. The number of phenolic OH excluding ortho intramolecular Hbond substituents is 1. The van der Waals surface area contributed by atoms with Crippen molar-refractivity contribution in [2.45, 2.75) is 19.4 Å². The molecule has 0 radical (unpaired) electrons. The topological polar surface area (TPSA) is 69.6 Å². The summed E-state index contributed by atoms with van der Waals surface area (Å²) in [6.45, 7) is 1.58. The van der Waals surface area contributed by atoms with Gasteiger partial charge < -0.3 is 15.5 Å². The van der Waals surface area contributed by atoms with Gasteiger partial charge in [0, 0.05) is 12.1 Å². The number of hydrogen-bond donors (Lipinski definition) is 3. The minimum atomic E-state index is -1.16. The number of carbonyl (C=O) groups is 1. The summed E-state index contributed by atoms with van der Waals surface area (Å²) >= 11 is 0. The van der Waals surface area contributed by atoms with Crippen molar-refractivity contribution in [2.75, 3.05) is 6.61 Å². The zero-order valence-corrected chi connectivity index (χ0v) is 12.5. The molecule has 23 heavy (non-hydrogen) atoms. The number of halogens is 2. The lowest BCUT2D eigenvalue weighted by Gasteiger charge is -2.17. The highest BCUT2D eigenvalue weighted by Gasteiger charge is 2.21. The Balaban J connectivity index is 2.12. The van der Waals surface area contributed by atoms with Gasteiger partial charge in [-0.3, -0.25) is 4.79 Å². The van der Waals surface area contributed by atoms with Crippen LogP contribution in [0.15, 0.2) is 36.4 Å². The molecule has 6 heteroatoms. The third-order valence-corrected chi connectivity index (χ3v) is 3.42. The number of amides is 1. The first-order chi connectivity index (χ1) is 10.9. The van der Waals surface area contributed by atoms with E-state index in [0.29, 0.717) is 18.6 Å². The molecule has 0 aliphatic carbocycles. The van der Waals surface area contributed by atoms with E-state index < -0.39 is 34.9 Å². The molecule has 1 atom stereocenters. The van der Waals surface area contributed by atoms with Crippen molar-refractivity contribution in [2.24, 2.45) is 0 Å². The first kappa shape index (κ1) is 16.9. The maximum Gasteiger partial charge on any atom is 0.258 e. The molecule has 3 N–H and O–H groups in total. The number of benzene rings is 2. The van der Waals surface area contributed by atoms with Gasteiger partial charge in [0.2, 0.25) is 0 Å². The van der Waals surface area contributed by atoms with Gasteiger partial charge in [-0.05, 0) is 18.9 Å². The number of carbonyl (C=O) groups excluding carboxylic acids is 1. The minimum Gasteiger partial charge on any atom is -0.507 e. The fraction of sp³-hybridized carbons (Fsp3) is 0.235. The quantitative estimate of drug-likeness (QED) is 0.791. The number of aliphatic hydroxyl groups is 1. The van der Waals surface area contributed by atoms with E-state index in [1.807, 2.05) is 31.2 Å². The smallest absolute Gasteiger partial charge is 0.258 e. The number of rotatable bonds is 5. The van der Waals surface area contributed by atoms with E-state index in [4.69, 9.17) is 0 Å². The van der Waals surface area contributed by atoms with Gasteiger partial charge in [-0.2, -0.15) is 0 Å². The van der Waals surface area contributed by atoms with Gasteiger partial charge in [0.25, 0.3) is 5.91 Å². The van der Waals surface area contributed by atoms with Gasteiger partial charge >= 0.3 is 0 Å². The van der Waals surface area contributed by atoms with Crippen LogP contribution in [0.1, 0.15) is 21.5 Å². The maximum atomic E-state index is 13.7. The predicted molar refractivity (Wildman–Crippen MR) is 81.2 cm³/mol. The molecule has 122 valence electrons. The van der Waals surface area contributed by atoms with Crippen LogP contribution in [-0.4, -0.2) is 28.8 Å². The lowest BCUT2D eigenvalue weighted by Crippen LogP contribution is -2.39. The first-order valence-electron chi connectivity index (χ1n) is 7.06. The average Bonchev–Trinajstić information content (AvgIpc) is 2.47. The molecule has 0 aromatic heterocycles. The molecule has 0 bridgehead atoms. The van der Waals surface area contributed by atoms with Crippen molar-refractivity contribution < 1.29 is 23.8 Å². The van der Waals surface area contributed by atoms with Crippen LogP contribution in [-0.2, 0) is 6.42 Å². The first-order valence-corrected chi connectivity index (χ1v) is 7.06. The van der Waals surface area contributed by atoms with Crippen molar-refractivity contribution in [3.63, 3.8) is 0 Å². The third-order valence-electron chi connectivity index (χ3n) is 3.42. The van der Waals surface area contributed by atoms with Crippen molar-refractivity contribution >= 4 is 5.91 Å².